The van der Waals surface area contributed by atoms with Gasteiger partial charge in [0.05, 0.1) is 5.92 Å². The number of piperidine rings is 2. The molecule has 0 aliphatic carbocycles. The molecule has 0 spiro atoms. The number of rotatable bonds is 7. The summed E-state index contributed by atoms with van der Waals surface area (Å²) in [6.07, 6.45) is 6.95. The van der Waals surface area contributed by atoms with Gasteiger partial charge in [-0.15, -0.1) is 0 Å². The summed E-state index contributed by atoms with van der Waals surface area (Å²) in [7, 11) is 0. The van der Waals surface area contributed by atoms with Crippen molar-refractivity contribution in [1.29, 1.82) is 0 Å². The first kappa shape index (κ1) is 19.2. The second-order valence-electron chi connectivity index (χ2n) is 7.59. The Kier molecular flexibility index (Phi) is 8.03. The second kappa shape index (κ2) is 10.0. The van der Waals surface area contributed by atoms with Gasteiger partial charge in [-0.05, 0) is 57.0 Å². The smallest absolute Gasteiger partial charge is 0.224 e. The molecule has 0 bridgehead atoms. The van der Waals surface area contributed by atoms with Gasteiger partial charge in [0.1, 0.15) is 0 Å². The summed E-state index contributed by atoms with van der Waals surface area (Å²) in [5, 5.41) is 6.41. The Morgan fingerprint density at radius 3 is 2.71 bits per heavy atom. The third kappa shape index (κ3) is 5.76. The first-order chi connectivity index (χ1) is 11.6. The van der Waals surface area contributed by atoms with E-state index in [-0.39, 0.29) is 17.7 Å². The van der Waals surface area contributed by atoms with Crippen LogP contribution in [-0.2, 0) is 9.59 Å². The Balaban J connectivity index is 1.77. The fourth-order valence-corrected chi connectivity index (χ4v) is 3.93. The van der Waals surface area contributed by atoms with Crippen LogP contribution in [0.5, 0.6) is 0 Å². The minimum atomic E-state index is -0.0197. The maximum atomic E-state index is 12.7. The lowest BCUT2D eigenvalue weighted by molar-refractivity contribution is -0.136. The summed E-state index contributed by atoms with van der Waals surface area (Å²) in [6.45, 7) is 8.67. The third-order valence-electron chi connectivity index (χ3n) is 5.66. The van der Waals surface area contributed by atoms with Gasteiger partial charge in [0.2, 0.25) is 11.8 Å². The topological polar surface area (TPSA) is 61.4 Å². The molecule has 24 heavy (non-hydrogen) atoms. The first-order valence-electron chi connectivity index (χ1n) is 9.88. The molecule has 2 aliphatic rings. The highest BCUT2D eigenvalue weighted by Gasteiger charge is 2.30. The molecule has 5 nitrogen and oxygen atoms in total. The van der Waals surface area contributed by atoms with Gasteiger partial charge < -0.3 is 15.5 Å². The van der Waals surface area contributed by atoms with Crippen molar-refractivity contribution in [2.45, 2.75) is 58.8 Å². The number of carbonyl (C=O) groups excluding carboxylic acids is 2. The van der Waals surface area contributed by atoms with Crippen LogP contribution in [0.25, 0.3) is 0 Å². The lowest BCUT2D eigenvalue weighted by Crippen LogP contribution is -2.46. The van der Waals surface area contributed by atoms with Gasteiger partial charge in [-0.2, -0.15) is 0 Å². The van der Waals surface area contributed by atoms with Crippen LogP contribution >= 0.6 is 0 Å². The van der Waals surface area contributed by atoms with Crippen LogP contribution in [0, 0.1) is 17.8 Å². The minimum Gasteiger partial charge on any atom is -0.356 e. The number of hydrogen-bond acceptors (Lipinski definition) is 3. The summed E-state index contributed by atoms with van der Waals surface area (Å²) in [5.74, 6) is 1.46. The molecular formula is C19H35N3O2. The molecule has 2 amide bonds. The van der Waals surface area contributed by atoms with Crippen molar-refractivity contribution >= 4 is 11.8 Å². The number of hydrogen-bond donors (Lipinski definition) is 2. The van der Waals surface area contributed by atoms with E-state index < -0.39 is 0 Å². The largest absolute Gasteiger partial charge is 0.356 e. The van der Waals surface area contributed by atoms with Gasteiger partial charge in [-0.3, -0.25) is 9.59 Å². The summed E-state index contributed by atoms with van der Waals surface area (Å²) in [6, 6.07) is 0. The van der Waals surface area contributed by atoms with Crippen molar-refractivity contribution in [3.8, 4) is 0 Å². The van der Waals surface area contributed by atoms with Crippen molar-refractivity contribution in [1.82, 2.24) is 15.5 Å². The molecule has 2 atom stereocenters. The standard InChI is InChI=1S/C19H35N3O2/c1-3-4-9-21-19(24)17-6-5-12-22(14-17)18(23)13-15(2)16-7-10-20-11-8-16/h15-17,20H,3-14H2,1-2H3,(H,21,24). The molecule has 0 aromatic rings. The SMILES string of the molecule is CCCCNC(=O)C1CCCN(C(=O)CC(C)C2CCNCC2)C1. The summed E-state index contributed by atoms with van der Waals surface area (Å²) >= 11 is 0. The highest BCUT2D eigenvalue weighted by molar-refractivity contribution is 5.81. The fraction of sp³-hybridized carbons (Fsp3) is 0.895. The van der Waals surface area contributed by atoms with E-state index in [1.54, 1.807) is 0 Å². The van der Waals surface area contributed by atoms with Crippen LogP contribution in [0.1, 0.15) is 58.8 Å². The summed E-state index contributed by atoms with van der Waals surface area (Å²) < 4.78 is 0. The molecule has 0 aromatic carbocycles. The van der Waals surface area contributed by atoms with Gasteiger partial charge in [-0.1, -0.05) is 20.3 Å². The zero-order valence-electron chi connectivity index (χ0n) is 15.5. The summed E-state index contributed by atoms with van der Waals surface area (Å²) in [4.78, 5) is 26.8. The lowest BCUT2D eigenvalue weighted by atomic mass is 9.83. The maximum Gasteiger partial charge on any atom is 0.224 e. The van der Waals surface area contributed by atoms with Gasteiger partial charge in [-0.25, -0.2) is 0 Å². The predicted molar refractivity (Wildman–Crippen MR) is 96.6 cm³/mol. The van der Waals surface area contributed by atoms with Crippen LogP contribution in [-0.4, -0.2) is 49.4 Å². The Bertz CT molecular complexity index is 407. The van der Waals surface area contributed by atoms with E-state index in [9.17, 15) is 9.59 Å². The Labute approximate surface area is 146 Å². The van der Waals surface area contributed by atoms with Gasteiger partial charge in [0, 0.05) is 26.1 Å². The van der Waals surface area contributed by atoms with Crippen molar-refractivity contribution in [3.63, 3.8) is 0 Å². The van der Waals surface area contributed by atoms with Crippen molar-refractivity contribution in [2.75, 3.05) is 32.7 Å². The third-order valence-corrected chi connectivity index (χ3v) is 5.66. The molecule has 0 aromatic heterocycles. The highest BCUT2D eigenvalue weighted by Crippen LogP contribution is 2.26. The van der Waals surface area contributed by atoms with Crippen LogP contribution in [0.2, 0.25) is 0 Å². The Hall–Kier alpha value is -1.10. The molecule has 2 heterocycles. The number of unbranched alkanes of at least 4 members (excludes halogenated alkanes) is 1. The van der Waals surface area contributed by atoms with Gasteiger partial charge in [0.15, 0.2) is 0 Å². The molecule has 0 saturated carbocycles. The molecule has 2 saturated heterocycles. The molecule has 2 N–H and O–H groups in total. The maximum absolute atomic E-state index is 12.7. The minimum absolute atomic E-state index is 0.0197. The van der Waals surface area contributed by atoms with Crippen LogP contribution < -0.4 is 10.6 Å². The number of likely N-dealkylation sites (tertiary alicyclic amines) is 1. The first-order valence-corrected chi connectivity index (χ1v) is 9.88. The molecule has 2 unspecified atom stereocenters. The predicted octanol–water partition coefficient (Wildman–Crippen LogP) is 2.17. The normalized spacial score (nSPS) is 23.8. The monoisotopic (exact) mass is 337 g/mol. The van der Waals surface area contributed by atoms with Crippen LogP contribution in [0.15, 0.2) is 0 Å². The van der Waals surface area contributed by atoms with Crippen LogP contribution in [0.3, 0.4) is 0 Å². The van der Waals surface area contributed by atoms with Crippen molar-refractivity contribution < 1.29 is 9.59 Å². The van der Waals surface area contributed by atoms with E-state index >= 15 is 0 Å². The zero-order valence-corrected chi connectivity index (χ0v) is 15.5. The molecule has 5 heteroatoms. The van der Waals surface area contributed by atoms with Crippen molar-refractivity contribution in [2.24, 2.45) is 17.8 Å². The Morgan fingerprint density at radius 2 is 2.00 bits per heavy atom. The van der Waals surface area contributed by atoms with E-state index in [0.29, 0.717) is 24.8 Å². The number of carbonyl (C=O) groups is 2. The van der Waals surface area contributed by atoms with E-state index in [1.165, 1.54) is 12.8 Å². The fourth-order valence-electron chi connectivity index (χ4n) is 3.93. The van der Waals surface area contributed by atoms with Crippen molar-refractivity contribution in [3.05, 3.63) is 0 Å². The highest BCUT2D eigenvalue weighted by atomic mass is 16.2. The number of amides is 2. The Morgan fingerprint density at radius 1 is 1.25 bits per heavy atom. The van der Waals surface area contributed by atoms with Gasteiger partial charge in [0.25, 0.3) is 0 Å². The van der Waals surface area contributed by atoms with E-state index in [1.807, 2.05) is 4.90 Å². The molecule has 0 radical (unpaired) electrons. The molecule has 2 fully saturated rings. The second-order valence-corrected chi connectivity index (χ2v) is 7.59. The zero-order chi connectivity index (χ0) is 17.4. The molecular weight excluding hydrogens is 302 g/mol. The number of nitrogens with zero attached hydrogens (tertiary/aromatic N) is 1. The van der Waals surface area contributed by atoms with Crippen LogP contribution in [0.4, 0.5) is 0 Å². The molecule has 138 valence electrons. The van der Waals surface area contributed by atoms with E-state index in [4.69, 9.17) is 0 Å². The lowest BCUT2D eigenvalue weighted by Gasteiger charge is -2.34. The van der Waals surface area contributed by atoms with E-state index in [2.05, 4.69) is 24.5 Å². The number of nitrogens with one attached hydrogen (secondary N) is 2. The molecule has 2 rings (SSSR count). The molecule has 2 aliphatic heterocycles. The quantitative estimate of drug-likeness (QED) is 0.700. The average molecular weight is 338 g/mol. The average Bonchev–Trinajstić information content (AvgIpc) is 2.62. The van der Waals surface area contributed by atoms with Gasteiger partial charge >= 0.3 is 0 Å². The summed E-state index contributed by atoms with van der Waals surface area (Å²) in [5.41, 5.74) is 0. The van der Waals surface area contributed by atoms with E-state index in [0.717, 1.165) is 51.9 Å².